The smallest absolute Gasteiger partial charge is 0.279 e. The van der Waals surface area contributed by atoms with E-state index in [4.69, 9.17) is 11.6 Å². The van der Waals surface area contributed by atoms with Crippen molar-refractivity contribution >= 4 is 17.1 Å². The Bertz CT molecular complexity index is 677. The van der Waals surface area contributed by atoms with Gasteiger partial charge in [0.05, 0.1) is 17.6 Å². The molecule has 0 spiro atoms. The van der Waals surface area contributed by atoms with Crippen LogP contribution >= 0.6 is 11.6 Å². The van der Waals surface area contributed by atoms with Crippen molar-refractivity contribution in [3.63, 3.8) is 0 Å². The highest BCUT2D eigenvalue weighted by molar-refractivity contribution is 6.33. The van der Waals surface area contributed by atoms with E-state index in [1.54, 1.807) is 6.20 Å². The van der Waals surface area contributed by atoms with Crippen molar-refractivity contribution in [1.29, 1.82) is 0 Å². The van der Waals surface area contributed by atoms with Gasteiger partial charge < -0.3 is 5.32 Å². The van der Waals surface area contributed by atoms with Crippen molar-refractivity contribution in [2.24, 2.45) is 0 Å². The van der Waals surface area contributed by atoms with Crippen LogP contribution < -0.4 is 10.9 Å². The highest BCUT2D eigenvalue weighted by atomic mass is 35.5. The Morgan fingerprint density at radius 2 is 2.32 bits per heavy atom. The highest BCUT2D eigenvalue weighted by Gasteiger charge is 2.27. The van der Waals surface area contributed by atoms with Gasteiger partial charge in [-0.1, -0.05) is 11.6 Å². The first-order valence-electron chi connectivity index (χ1n) is 5.87. The molecule has 1 saturated heterocycles. The minimum Gasteiger partial charge on any atom is -0.307 e. The summed E-state index contributed by atoms with van der Waals surface area (Å²) in [7, 11) is 0. The number of rotatable bonds is 3. The number of nitrogens with zero attached hydrogens (tertiary/aromatic N) is 3. The lowest BCUT2D eigenvalue weighted by molar-refractivity contribution is 0.121. The third kappa shape index (κ3) is 2.02. The van der Waals surface area contributed by atoms with Gasteiger partial charge in [-0.3, -0.25) is 9.36 Å². The number of aromatic nitrogens is 3. The summed E-state index contributed by atoms with van der Waals surface area (Å²) in [6, 6.07) is 1.37. The van der Waals surface area contributed by atoms with Crippen LogP contribution in [0.3, 0.4) is 0 Å². The number of hydrogen-bond acceptors (Lipinski definition) is 3. The van der Waals surface area contributed by atoms with Crippen LogP contribution in [0.25, 0.3) is 5.52 Å². The maximum atomic E-state index is 12.6. The molecule has 0 saturated carbocycles. The van der Waals surface area contributed by atoms with Gasteiger partial charge in [0, 0.05) is 6.20 Å². The monoisotopic (exact) mass is 288 g/mol. The van der Waals surface area contributed by atoms with Crippen molar-refractivity contribution in [1.82, 2.24) is 19.5 Å². The summed E-state index contributed by atoms with van der Waals surface area (Å²) in [5, 5.41) is 7.51. The van der Waals surface area contributed by atoms with Crippen LogP contribution in [0.2, 0.25) is 5.02 Å². The van der Waals surface area contributed by atoms with Crippen molar-refractivity contribution in [3.05, 3.63) is 33.5 Å². The summed E-state index contributed by atoms with van der Waals surface area (Å²) in [5.41, 5.74) is -0.403. The van der Waals surface area contributed by atoms with Crippen LogP contribution in [-0.2, 0) is 6.54 Å². The molecule has 0 aromatic carbocycles. The standard InChI is InChI=1S/C11H11ClF2N4O/c12-6-2-4-18-9(6)11(19)17(5-8(13)14)10(16-18)7-1-3-15-7/h2,4,7-8,15H,1,3,5H2. The fraction of sp³-hybridized carbons (Fsp3) is 0.455. The Morgan fingerprint density at radius 1 is 1.58 bits per heavy atom. The minimum atomic E-state index is -2.62. The Morgan fingerprint density at radius 3 is 2.89 bits per heavy atom. The van der Waals surface area contributed by atoms with Crippen LogP contribution in [0.15, 0.2) is 17.1 Å². The fourth-order valence-electron chi connectivity index (χ4n) is 2.16. The summed E-state index contributed by atoms with van der Waals surface area (Å²) in [6.07, 6.45) is -0.293. The van der Waals surface area contributed by atoms with Crippen LogP contribution in [-0.4, -0.2) is 27.2 Å². The van der Waals surface area contributed by atoms with E-state index < -0.39 is 18.5 Å². The van der Waals surface area contributed by atoms with Crippen LogP contribution in [0.1, 0.15) is 18.3 Å². The maximum Gasteiger partial charge on any atom is 0.279 e. The zero-order valence-electron chi connectivity index (χ0n) is 9.81. The summed E-state index contributed by atoms with van der Waals surface area (Å²) in [4.78, 5) is 12.3. The van der Waals surface area contributed by atoms with Gasteiger partial charge in [0.1, 0.15) is 11.3 Å². The Balaban J connectivity index is 2.24. The number of halogens is 3. The Labute approximate surface area is 111 Å². The van der Waals surface area contributed by atoms with E-state index in [0.717, 1.165) is 17.5 Å². The minimum absolute atomic E-state index is 0.130. The van der Waals surface area contributed by atoms with Crippen molar-refractivity contribution in [3.8, 4) is 0 Å². The third-order valence-corrected chi connectivity index (χ3v) is 3.51. The van der Waals surface area contributed by atoms with Gasteiger partial charge in [-0.2, -0.15) is 5.10 Å². The largest absolute Gasteiger partial charge is 0.307 e. The van der Waals surface area contributed by atoms with Gasteiger partial charge in [0.2, 0.25) is 0 Å². The molecule has 2 aromatic heterocycles. The summed E-state index contributed by atoms with van der Waals surface area (Å²) in [5.74, 6) is 0.330. The first-order chi connectivity index (χ1) is 9.08. The number of nitrogens with one attached hydrogen (secondary N) is 1. The average molecular weight is 289 g/mol. The molecule has 8 heteroatoms. The van der Waals surface area contributed by atoms with Crippen molar-refractivity contribution < 1.29 is 8.78 Å². The lowest BCUT2D eigenvalue weighted by Crippen LogP contribution is -2.41. The Hall–Kier alpha value is -1.47. The van der Waals surface area contributed by atoms with E-state index in [9.17, 15) is 13.6 Å². The van der Waals surface area contributed by atoms with Gasteiger partial charge in [-0.05, 0) is 19.0 Å². The number of alkyl halides is 2. The molecule has 1 aliphatic heterocycles. The topological polar surface area (TPSA) is 51.3 Å². The molecule has 3 heterocycles. The summed E-state index contributed by atoms with van der Waals surface area (Å²) < 4.78 is 27.7. The molecular formula is C11H11ClF2N4O. The summed E-state index contributed by atoms with van der Waals surface area (Å²) >= 11 is 5.89. The van der Waals surface area contributed by atoms with Crippen molar-refractivity contribution in [2.45, 2.75) is 25.4 Å². The molecular weight excluding hydrogens is 278 g/mol. The molecule has 1 N–H and O–H groups in total. The molecule has 1 aliphatic rings. The molecule has 5 nitrogen and oxygen atoms in total. The molecule has 0 aliphatic carbocycles. The molecule has 1 fully saturated rings. The van der Waals surface area contributed by atoms with Gasteiger partial charge >= 0.3 is 0 Å². The molecule has 102 valence electrons. The predicted octanol–water partition coefficient (Wildman–Crippen LogP) is 1.45. The second kappa shape index (κ2) is 4.57. The SMILES string of the molecule is O=c1c2c(Cl)ccn2nc(C2CCN2)n1CC(F)F. The molecule has 0 radical (unpaired) electrons. The molecule has 0 bridgehead atoms. The summed E-state index contributed by atoms with van der Waals surface area (Å²) in [6.45, 7) is 0.122. The van der Waals surface area contributed by atoms with E-state index in [-0.39, 0.29) is 16.6 Å². The first kappa shape index (κ1) is 12.6. The molecule has 2 aromatic rings. The second-order valence-corrected chi connectivity index (χ2v) is 4.82. The van der Waals surface area contributed by atoms with Crippen LogP contribution in [0.5, 0.6) is 0 Å². The van der Waals surface area contributed by atoms with Crippen LogP contribution in [0, 0.1) is 0 Å². The lowest BCUT2D eigenvalue weighted by Gasteiger charge is -2.28. The molecule has 1 atom stereocenters. The zero-order valence-corrected chi connectivity index (χ0v) is 10.6. The van der Waals surface area contributed by atoms with E-state index in [1.165, 1.54) is 10.6 Å². The lowest BCUT2D eigenvalue weighted by atomic mass is 10.1. The molecule has 3 rings (SSSR count). The predicted molar refractivity (Wildman–Crippen MR) is 65.8 cm³/mol. The third-order valence-electron chi connectivity index (χ3n) is 3.21. The molecule has 0 amide bonds. The highest BCUT2D eigenvalue weighted by Crippen LogP contribution is 2.22. The van der Waals surface area contributed by atoms with Gasteiger partial charge in [-0.15, -0.1) is 0 Å². The van der Waals surface area contributed by atoms with Crippen LogP contribution in [0.4, 0.5) is 8.78 Å². The van der Waals surface area contributed by atoms with Gasteiger partial charge in [0.15, 0.2) is 0 Å². The van der Waals surface area contributed by atoms with E-state index in [2.05, 4.69) is 10.4 Å². The first-order valence-corrected chi connectivity index (χ1v) is 6.25. The Kier molecular flexibility index (Phi) is 3.02. The molecule has 1 unspecified atom stereocenters. The average Bonchev–Trinajstić information content (AvgIpc) is 2.63. The zero-order chi connectivity index (χ0) is 13.6. The molecule has 19 heavy (non-hydrogen) atoms. The maximum absolute atomic E-state index is 12.6. The fourth-order valence-corrected chi connectivity index (χ4v) is 2.38. The van der Waals surface area contributed by atoms with E-state index in [0.29, 0.717) is 5.82 Å². The normalized spacial score (nSPS) is 19.1. The van der Waals surface area contributed by atoms with E-state index >= 15 is 0 Å². The van der Waals surface area contributed by atoms with E-state index in [1.807, 2.05) is 0 Å². The van der Waals surface area contributed by atoms with Gasteiger partial charge in [0.25, 0.3) is 12.0 Å². The quantitative estimate of drug-likeness (QED) is 0.930. The second-order valence-electron chi connectivity index (χ2n) is 4.42. The number of fused-ring (bicyclic) bond motifs is 1. The van der Waals surface area contributed by atoms with Gasteiger partial charge in [-0.25, -0.2) is 13.3 Å². The number of hydrogen-bond donors (Lipinski definition) is 1. The van der Waals surface area contributed by atoms with Crippen molar-refractivity contribution in [2.75, 3.05) is 6.54 Å².